The van der Waals surface area contributed by atoms with E-state index in [2.05, 4.69) is 0 Å². The van der Waals surface area contributed by atoms with Crippen LogP contribution in [-0.2, 0) is 6.42 Å². The molecule has 1 heterocycles. The van der Waals surface area contributed by atoms with Gasteiger partial charge in [0.15, 0.2) is 0 Å². The van der Waals surface area contributed by atoms with Gasteiger partial charge in [-0.25, -0.2) is 0 Å². The van der Waals surface area contributed by atoms with Gasteiger partial charge >= 0.3 is 0 Å². The number of hydrogen-bond donors (Lipinski definition) is 1. The van der Waals surface area contributed by atoms with Crippen molar-refractivity contribution in [3.05, 3.63) is 23.7 Å². The monoisotopic (exact) mass is 240 g/mol. The van der Waals surface area contributed by atoms with Crippen molar-refractivity contribution in [3.63, 3.8) is 0 Å². The highest BCUT2D eigenvalue weighted by Gasteiger charge is 2.22. The molecule has 0 aliphatic carbocycles. The fraction of sp³-hybridized carbons (Fsp3) is 0.455. The largest absolute Gasteiger partial charge is 0.469 e. The van der Waals surface area contributed by atoms with Crippen molar-refractivity contribution in [2.24, 2.45) is 5.73 Å². The number of rotatable bonds is 4. The van der Waals surface area contributed by atoms with Crippen LogP contribution in [0.5, 0.6) is 0 Å². The lowest BCUT2D eigenvalue weighted by molar-refractivity contribution is 0.0776. The van der Waals surface area contributed by atoms with E-state index < -0.39 is 0 Å². The third kappa shape index (κ3) is 2.41. The van der Waals surface area contributed by atoms with Crippen molar-refractivity contribution >= 4 is 23.1 Å². The summed E-state index contributed by atoms with van der Waals surface area (Å²) < 4.78 is 5.21. The van der Waals surface area contributed by atoms with Gasteiger partial charge in [0.2, 0.25) is 0 Å². The number of nitrogens with zero attached hydrogens (tertiary/aromatic N) is 1. The lowest BCUT2D eigenvalue weighted by Gasteiger charge is -2.23. The summed E-state index contributed by atoms with van der Waals surface area (Å²) in [6.45, 7) is 3.73. The molecule has 1 atom stereocenters. The van der Waals surface area contributed by atoms with E-state index in [1.165, 1.54) is 11.2 Å². The summed E-state index contributed by atoms with van der Waals surface area (Å²) in [4.78, 5) is 13.9. The smallest absolute Gasteiger partial charge is 0.257 e. The van der Waals surface area contributed by atoms with Gasteiger partial charge in [-0.3, -0.25) is 4.79 Å². The normalized spacial score (nSPS) is 12.2. The molecule has 1 unspecified atom stereocenters. The zero-order chi connectivity index (χ0) is 12.3. The molecule has 88 valence electrons. The number of likely N-dealkylation sites (N-methyl/N-ethyl adjacent to an activating group) is 1. The lowest BCUT2D eigenvalue weighted by Crippen LogP contribution is -2.42. The van der Waals surface area contributed by atoms with E-state index in [1.807, 2.05) is 6.92 Å². The Balaban J connectivity index is 2.90. The molecule has 5 heteroatoms. The summed E-state index contributed by atoms with van der Waals surface area (Å²) in [6.07, 6.45) is 2.20. The Morgan fingerprint density at radius 1 is 1.69 bits per heavy atom. The predicted molar refractivity (Wildman–Crippen MR) is 66.4 cm³/mol. The second kappa shape index (κ2) is 5.12. The second-order valence-corrected chi connectivity index (χ2v) is 4.08. The molecule has 16 heavy (non-hydrogen) atoms. The van der Waals surface area contributed by atoms with Crippen LogP contribution in [0, 0.1) is 0 Å². The van der Waals surface area contributed by atoms with Crippen LogP contribution in [0.2, 0.25) is 0 Å². The lowest BCUT2D eigenvalue weighted by atomic mass is 10.1. The van der Waals surface area contributed by atoms with Crippen LogP contribution in [0.3, 0.4) is 0 Å². The Morgan fingerprint density at radius 2 is 2.31 bits per heavy atom. The zero-order valence-electron chi connectivity index (χ0n) is 9.69. The molecule has 0 fully saturated rings. The van der Waals surface area contributed by atoms with Gasteiger partial charge in [0, 0.05) is 13.5 Å². The number of amides is 1. The van der Waals surface area contributed by atoms with Gasteiger partial charge in [-0.05, 0) is 13.0 Å². The van der Waals surface area contributed by atoms with Gasteiger partial charge < -0.3 is 15.1 Å². The van der Waals surface area contributed by atoms with Gasteiger partial charge in [0.1, 0.15) is 5.76 Å². The van der Waals surface area contributed by atoms with E-state index in [4.69, 9.17) is 22.4 Å². The molecular formula is C11H16N2O2S. The van der Waals surface area contributed by atoms with E-state index in [0.29, 0.717) is 22.7 Å². The molecule has 0 aliphatic rings. The second-order valence-electron chi connectivity index (χ2n) is 3.61. The predicted octanol–water partition coefficient (Wildman–Crippen LogP) is 1.59. The Hall–Kier alpha value is -1.36. The minimum atomic E-state index is -0.262. The van der Waals surface area contributed by atoms with Gasteiger partial charge in [-0.15, -0.1) is 0 Å². The topological polar surface area (TPSA) is 59.5 Å². The average molecular weight is 240 g/mol. The maximum atomic E-state index is 12.1. The molecule has 0 radical (unpaired) electrons. The van der Waals surface area contributed by atoms with E-state index >= 15 is 0 Å². The minimum Gasteiger partial charge on any atom is -0.469 e. The molecule has 1 aromatic rings. The van der Waals surface area contributed by atoms with Crippen LogP contribution in [-0.4, -0.2) is 28.9 Å². The number of carbonyl (C=O) groups is 1. The SMILES string of the molecule is CCc1occc1C(=O)N(C)C(C)C(N)=S. The fourth-order valence-corrected chi connectivity index (χ4v) is 1.52. The first-order chi connectivity index (χ1) is 7.49. The Morgan fingerprint density at radius 3 is 2.81 bits per heavy atom. The molecule has 0 saturated carbocycles. The highest BCUT2D eigenvalue weighted by Crippen LogP contribution is 2.14. The number of thiocarbonyl (C=S) groups is 1. The fourth-order valence-electron chi connectivity index (χ4n) is 1.36. The maximum absolute atomic E-state index is 12.1. The molecular weight excluding hydrogens is 224 g/mol. The van der Waals surface area contributed by atoms with E-state index in [-0.39, 0.29) is 11.9 Å². The van der Waals surface area contributed by atoms with Crippen LogP contribution in [0.4, 0.5) is 0 Å². The number of aryl methyl sites for hydroxylation is 1. The third-order valence-electron chi connectivity index (χ3n) is 2.61. The third-order valence-corrected chi connectivity index (χ3v) is 2.95. The van der Waals surface area contributed by atoms with Crippen LogP contribution in [0.15, 0.2) is 16.7 Å². The number of hydrogen-bond acceptors (Lipinski definition) is 3. The van der Waals surface area contributed by atoms with Crippen LogP contribution in [0.1, 0.15) is 30.0 Å². The first-order valence-corrected chi connectivity index (χ1v) is 5.52. The number of nitrogens with two attached hydrogens (primary N) is 1. The van der Waals surface area contributed by atoms with Crippen LogP contribution >= 0.6 is 12.2 Å². The average Bonchev–Trinajstić information content (AvgIpc) is 2.73. The molecule has 0 saturated heterocycles. The van der Waals surface area contributed by atoms with Crippen molar-refractivity contribution in [1.82, 2.24) is 4.90 Å². The molecule has 0 bridgehead atoms. The Bertz CT molecular complexity index is 400. The summed E-state index contributed by atoms with van der Waals surface area (Å²) in [5.74, 6) is 0.567. The van der Waals surface area contributed by atoms with E-state index in [9.17, 15) is 4.79 Å². The van der Waals surface area contributed by atoms with Crippen molar-refractivity contribution in [3.8, 4) is 0 Å². The summed E-state index contributed by atoms with van der Waals surface area (Å²) in [5, 5.41) is 0. The number of furan rings is 1. The van der Waals surface area contributed by atoms with Crippen molar-refractivity contribution < 1.29 is 9.21 Å². The summed E-state index contributed by atoms with van der Waals surface area (Å²) in [7, 11) is 1.68. The van der Waals surface area contributed by atoms with Crippen molar-refractivity contribution in [1.29, 1.82) is 0 Å². The molecule has 1 aromatic heterocycles. The molecule has 1 rings (SSSR count). The highest BCUT2D eigenvalue weighted by atomic mass is 32.1. The summed E-state index contributed by atoms with van der Waals surface area (Å²) in [6, 6.07) is 1.41. The van der Waals surface area contributed by atoms with Crippen molar-refractivity contribution in [2.75, 3.05) is 7.05 Å². The molecule has 0 aromatic carbocycles. The summed E-state index contributed by atoms with van der Waals surface area (Å²) in [5.41, 5.74) is 6.09. The molecule has 4 nitrogen and oxygen atoms in total. The number of carbonyl (C=O) groups excluding carboxylic acids is 1. The van der Waals surface area contributed by atoms with Crippen LogP contribution < -0.4 is 5.73 Å². The standard InChI is InChI=1S/C11H16N2O2S/c1-4-9-8(5-6-15-9)11(14)13(3)7(2)10(12)16/h5-7H,4H2,1-3H3,(H2,12,16). The molecule has 1 amide bonds. The molecule has 0 spiro atoms. The van der Waals surface area contributed by atoms with Gasteiger partial charge in [-0.2, -0.15) is 0 Å². The zero-order valence-corrected chi connectivity index (χ0v) is 10.5. The van der Waals surface area contributed by atoms with Gasteiger partial charge in [0.25, 0.3) is 5.91 Å². The van der Waals surface area contributed by atoms with Crippen LogP contribution in [0.25, 0.3) is 0 Å². The molecule has 2 N–H and O–H groups in total. The van der Waals surface area contributed by atoms with Gasteiger partial charge in [0.05, 0.1) is 22.9 Å². The highest BCUT2D eigenvalue weighted by molar-refractivity contribution is 7.80. The van der Waals surface area contributed by atoms with E-state index in [0.717, 1.165) is 0 Å². The first kappa shape index (κ1) is 12.7. The van der Waals surface area contributed by atoms with Crippen molar-refractivity contribution in [2.45, 2.75) is 26.3 Å². The quantitative estimate of drug-likeness (QED) is 0.812. The Labute approximate surface area is 100 Å². The Kier molecular flexibility index (Phi) is 4.06. The van der Waals surface area contributed by atoms with E-state index in [1.54, 1.807) is 20.0 Å². The minimum absolute atomic E-state index is 0.120. The van der Waals surface area contributed by atoms with Gasteiger partial charge in [-0.1, -0.05) is 19.1 Å². The summed E-state index contributed by atoms with van der Waals surface area (Å²) >= 11 is 4.86. The molecule has 0 aliphatic heterocycles. The maximum Gasteiger partial charge on any atom is 0.257 e. The first-order valence-electron chi connectivity index (χ1n) is 5.11.